The topological polar surface area (TPSA) is 56.7 Å². The molecular formula is C13H11ClN4. The van der Waals surface area contributed by atoms with Crippen LogP contribution in [-0.2, 0) is 0 Å². The molecule has 0 aliphatic carbocycles. The van der Waals surface area contributed by atoms with Crippen molar-refractivity contribution >= 4 is 28.7 Å². The van der Waals surface area contributed by atoms with Gasteiger partial charge in [0.25, 0.3) is 0 Å². The zero-order valence-corrected chi connectivity index (χ0v) is 10.5. The second-order valence-corrected chi connectivity index (χ2v) is 4.51. The third-order valence-electron chi connectivity index (χ3n) is 2.78. The summed E-state index contributed by atoms with van der Waals surface area (Å²) in [4.78, 5) is 8.59. The molecule has 0 saturated heterocycles. The van der Waals surface area contributed by atoms with E-state index in [1.165, 1.54) is 0 Å². The number of fused-ring (bicyclic) bond motifs is 1. The van der Waals surface area contributed by atoms with Gasteiger partial charge < -0.3 is 5.73 Å². The van der Waals surface area contributed by atoms with Crippen LogP contribution in [0.4, 0.5) is 5.95 Å². The van der Waals surface area contributed by atoms with Crippen molar-refractivity contribution in [2.24, 2.45) is 0 Å². The summed E-state index contributed by atoms with van der Waals surface area (Å²) >= 11 is 6.23. The molecule has 0 fully saturated rings. The van der Waals surface area contributed by atoms with Gasteiger partial charge in [-0.1, -0.05) is 17.7 Å². The highest BCUT2D eigenvalue weighted by Crippen LogP contribution is 2.27. The Morgan fingerprint density at radius 2 is 2.11 bits per heavy atom. The first-order chi connectivity index (χ1) is 8.66. The summed E-state index contributed by atoms with van der Waals surface area (Å²) in [5.74, 6) is 0.385. The lowest BCUT2D eigenvalue weighted by molar-refractivity contribution is 1.08. The van der Waals surface area contributed by atoms with Crippen LogP contribution in [0.2, 0.25) is 5.02 Å². The second-order valence-electron chi connectivity index (χ2n) is 4.11. The monoisotopic (exact) mass is 258 g/mol. The Balaban J connectivity index is 2.37. The molecule has 3 rings (SSSR count). The molecule has 0 amide bonds. The minimum absolute atomic E-state index is 0.385. The van der Waals surface area contributed by atoms with E-state index in [-0.39, 0.29) is 0 Å². The zero-order valence-electron chi connectivity index (χ0n) is 9.76. The average molecular weight is 259 g/mol. The summed E-state index contributed by atoms with van der Waals surface area (Å²) in [6.45, 7) is 2.00. The molecule has 0 radical (unpaired) electrons. The number of nitrogens with zero attached hydrogens (tertiary/aromatic N) is 3. The largest absolute Gasteiger partial charge is 0.369 e. The Morgan fingerprint density at radius 1 is 1.28 bits per heavy atom. The number of halogens is 1. The van der Waals surface area contributed by atoms with E-state index in [2.05, 4.69) is 9.97 Å². The lowest BCUT2D eigenvalue weighted by Gasteiger charge is -2.08. The third-order valence-corrected chi connectivity index (χ3v) is 3.10. The van der Waals surface area contributed by atoms with Gasteiger partial charge in [-0.05, 0) is 36.8 Å². The van der Waals surface area contributed by atoms with E-state index in [1.54, 1.807) is 10.8 Å². The van der Waals surface area contributed by atoms with Gasteiger partial charge in [0.2, 0.25) is 5.95 Å². The number of nitrogen functional groups attached to an aromatic ring is 1. The summed E-state index contributed by atoms with van der Waals surface area (Å²) in [7, 11) is 0. The lowest BCUT2D eigenvalue weighted by atomic mass is 10.2. The number of aromatic nitrogens is 3. The van der Waals surface area contributed by atoms with E-state index in [9.17, 15) is 0 Å². The van der Waals surface area contributed by atoms with Crippen LogP contribution in [0.5, 0.6) is 0 Å². The van der Waals surface area contributed by atoms with Crippen LogP contribution >= 0.6 is 11.6 Å². The van der Waals surface area contributed by atoms with Gasteiger partial charge in [0.05, 0.1) is 10.7 Å². The highest BCUT2D eigenvalue weighted by atomic mass is 35.5. The Bertz CT molecular complexity index is 733. The first-order valence-corrected chi connectivity index (χ1v) is 5.90. The van der Waals surface area contributed by atoms with Crippen molar-refractivity contribution in [3.8, 4) is 5.69 Å². The molecule has 2 N–H and O–H groups in total. The van der Waals surface area contributed by atoms with Crippen LogP contribution in [-0.4, -0.2) is 14.5 Å². The molecular weight excluding hydrogens is 248 g/mol. The van der Waals surface area contributed by atoms with Gasteiger partial charge in [-0.2, -0.15) is 0 Å². The van der Waals surface area contributed by atoms with E-state index in [0.717, 1.165) is 16.8 Å². The summed E-state index contributed by atoms with van der Waals surface area (Å²) in [5, 5.41) is 0.622. The third kappa shape index (κ3) is 1.62. The van der Waals surface area contributed by atoms with Crippen molar-refractivity contribution in [1.29, 1.82) is 0 Å². The Morgan fingerprint density at radius 3 is 2.94 bits per heavy atom. The molecule has 0 saturated carbocycles. The Kier molecular flexibility index (Phi) is 2.45. The molecule has 0 atom stereocenters. The van der Waals surface area contributed by atoms with Crippen molar-refractivity contribution in [3.63, 3.8) is 0 Å². The molecule has 0 aliphatic heterocycles. The van der Waals surface area contributed by atoms with Gasteiger partial charge in [-0.3, -0.25) is 4.57 Å². The summed E-state index contributed by atoms with van der Waals surface area (Å²) in [6, 6.07) is 9.47. The quantitative estimate of drug-likeness (QED) is 0.730. The molecule has 5 heteroatoms. The standard InChI is InChI=1S/C13H11ClN4/c1-8-4-5-9(14)11(7-8)18-12-10(17-13(18)15)3-2-6-16-12/h2-7H,1H3,(H2,15,17). The SMILES string of the molecule is Cc1ccc(Cl)c(-n2c(N)nc3cccnc32)c1. The van der Waals surface area contributed by atoms with Gasteiger partial charge in [-0.25, -0.2) is 9.97 Å². The first kappa shape index (κ1) is 11.0. The van der Waals surface area contributed by atoms with Crippen molar-refractivity contribution in [3.05, 3.63) is 47.1 Å². The van der Waals surface area contributed by atoms with Gasteiger partial charge in [-0.15, -0.1) is 0 Å². The maximum absolute atomic E-state index is 6.23. The Labute approximate surface area is 109 Å². The normalized spacial score (nSPS) is 11.0. The van der Waals surface area contributed by atoms with Crippen molar-refractivity contribution < 1.29 is 0 Å². The summed E-state index contributed by atoms with van der Waals surface area (Å²) in [6.07, 6.45) is 1.71. The number of pyridine rings is 1. The average Bonchev–Trinajstić information content (AvgIpc) is 2.68. The highest BCUT2D eigenvalue weighted by molar-refractivity contribution is 6.32. The number of hydrogen-bond acceptors (Lipinski definition) is 3. The fourth-order valence-electron chi connectivity index (χ4n) is 1.96. The number of hydrogen-bond donors (Lipinski definition) is 1. The predicted octanol–water partition coefficient (Wildman–Crippen LogP) is 2.96. The van der Waals surface area contributed by atoms with Gasteiger partial charge in [0.1, 0.15) is 5.52 Å². The lowest BCUT2D eigenvalue weighted by Crippen LogP contribution is -2.02. The fourth-order valence-corrected chi connectivity index (χ4v) is 2.16. The van der Waals surface area contributed by atoms with Crippen LogP contribution < -0.4 is 5.73 Å². The number of anilines is 1. The Hall–Kier alpha value is -2.07. The van der Waals surface area contributed by atoms with Gasteiger partial charge in [0, 0.05) is 6.20 Å². The second kappa shape index (κ2) is 3.99. The van der Waals surface area contributed by atoms with Crippen LogP contribution in [0.15, 0.2) is 36.5 Å². The maximum Gasteiger partial charge on any atom is 0.207 e. The molecule has 90 valence electrons. The van der Waals surface area contributed by atoms with Crippen LogP contribution in [0.3, 0.4) is 0 Å². The maximum atomic E-state index is 6.23. The highest BCUT2D eigenvalue weighted by Gasteiger charge is 2.13. The van der Waals surface area contributed by atoms with Crippen molar-refractivity contribution in [2.75, 3.05) is 5.73 Å². The number of imidazole rings is 1. The molecule has 2 aromatic heterocycles. The van der Waals surface area contributed by atoms with E-state index in [0.29, 0.717) is 16.6 Å². The zero-order chi connectivity index (χ0) is 12.7. The van der Waals surface area contributed by atoms with E-state index in [1.807, 2.05) is 37.3 Å². The number of benzene rings is 1. The smallest absolute Gasteiger partial charge is 0.207 e. The molecule has 3 aromatic rings. The molecule has 0 aliphatic rings. The number of rotatable bonds is 1. The van der Waals surface area contributed by atoms with Gasteiger partial charge >= 0.3 is 0 Å². The molecule has 0 bridgehead atoms. The first-order valence-electron chi connectivity index (χ1n) is 5.52. The van der Waals surface area contributed by atoms with Crippen molar-refractivity contribution in [1.82, 2.24) is 14.5 Å². The van der Waals surface area contributed by atoms with Crippen molar-refractivity contribution in [2.45, 2.75) is 6.92 Å². The summed E-state index contributed by atoms with van der Waals surface area (Å²) in [5.41, 5.74) is 9.33. The number of nitrogens with two attached hydrogens (primary N) is 1. The predicted molar refractivity (Wildman–Crippen MR) is 73.0 cm³/mol. The number of aryl methyl sites for hydroxylation is 1. The van der Waals surface area contributed by atoms with Crippen LogP contribution in [0.1, 0.15) is 5.56 Å². The van der Waals surface area contributed by atoms with Crippen LogP contribution in [0.25, 0.3) is 16.9 Å². The molecule has 1 aromatic carbocycles. The summed E-state index contributed by atoms with van der Waals surface area (Å²) < 4.78 is 1.77. The minimum atomic E-state index is 0.385. The van der Waals surface area contributed by atoms with E-state index in [4.69, 9.17) is 17.3 Å². The molecule has 0 unspecified atom stereocenters. The van der Waals surface area contributed by atoms with Crippen LogP contribution in [0, 0.1) is 6.92 Å². The minimum Gasteiger partial charge on any atom is -0.369 e. The molecule has 2 heterocycles. The van der Waals surface area contributed by atoms with Gasteiger partial charge in [0.15, 0.2) is 5.65 Å². The van der Waals surface area contributed by atoms with E-state index < -0.39 is 0 Å². The fraction of sp³-hybridized carbons (Fsp3) is 0.0769. The van der Waals surface area contributed by atoms with E-state index >= 15 is 0 Å². The molecule has 0 spiro atoms. The molecule has 4 nitrogen and oxygen atoms in total. The molecule has 18 heavy (non-hydrogen) atoms.